The highest BCUT2D eigenvalue weighted by Crippen LogP contribution is 2.26. The fraction of sp³-hybridized carbons (Fsp3) is 0.643. The van der Waals surface area contributed by atoms with E-state index in [1.807, 2.05) is 4.90 Å². The average molecular weight is 266 g/mol. The Balaban J connectivity index is 1.99. The van der Waals surface area contributed by atoms with E-state index in [0.29, 0.717) is 6.04 Å². The van der Waals surface area contributed by atoms with E-state index in [4.69, 9.17) is 0 Å². The predicted molar refractivity (Wildman–Crippen MR) is 75.8 cm³/mol. The molecular weight excluding hydrogens is 244 g/mol. The van der Waals surface area contributed by atoms with Crippen molar-refractivity contribution < 1.29 is 4.79 Å². The standard InChI is InChI=1S/C14H22N2OS/c1-2-9-15-14(17)16(12-6-3-4-7-12)11-13-8-5-10-18-13/h5,8,10,12H,2-4,6-7,9,11H2,1H3,(H,15,17). The molecule has 0 atom stereocenters. The summed E-state index contributed by atoms with van der Waals surface area (Å²) in [7, 11) is 0. The van der Waals surface area contributed by atoms with E-state index >= 15 is 0 Å². The molecule has 1 fully saturated rings. The van der Waals surface area contributed by atoms with Gasteiger partial charge < -0.3 is 10.2 Å². The lowest BCUT2D eigenvalue weighted by atomic mass is 10.2. The second kappa shape index (κ2) is 6.78. The quantitative estimate of drug-likeness (QED) is 0.867. The van der Waals surface area contributed by atoms with Crippen molar-refractivity contribution in [2.24, 2.45) is 0 Å². The number of urea groups is 1. The molecule has 1 heterocycles. The molecule has 18 heavy (non-hydrogen) atoms. The first-order valence-corrected chi connectivity index (χ1v) is 7.76. The summed E-state index contributed by atoms with van der Waals surface area (Å²) >= 11 is 1.73. The molecule has 4 heteroatoms. The van der Waals surface area contributed by atoms with Gasteiger partial charge in [-0.2, -0.15) is 0 Å². The van der Waals surface area contributed by atoms with E-state index in [9.17, 15) is 4.79 Å². The van der Waals surface area contributed by atoms with Gasteiger partial charge in [-0.15, -0.1) is 11.3 Å². The third kappa shape index (κ3) is 3.48. The van der Waals surface area contributed by atoms with Crippen molar-refractivity contribution in [2.75, 3.05) is 6.54 Å². The van der Waals surface area contributed by atoms with Crippen LogP contribution in [0.15, 0.2) is 17.5 Å². The number of nitrogens with zero attached hydrogens (tertiary/aromatic N) is 1. The first-order chi connectivity index (χ1) is 8.81. The minimum Gasteiger partial charge on any atom is -0.338 e. The lowest BCUT2D eigenvalue weighted by Gasteiger charge is -2.28. The van der Waals surface area contributed by atoms with Crippen LogP contribution in [-0.4, -0.2) is 23.5 Å². The Morgan fingerprint density at radius 2 is 2.28 bits per heavy atom. The largest absolute Gasteiger partial charge is 0.338 e. The third-order valence-electron chi connectivity index (χ3n) is 3.46. The number of amides is 2. The third-order valence-corrected chi connectivity index (χ3v) is 4.32. The zero-order valence-electron chi connectivity index (χ0n) is 11.0. The molecule has 0 aliphatic heterocycles. The number of thiophene rings is 1. The normalized spacial score (nSPS) is 15.8. The van der Waals surface area contributed by atoms with Crippen LogP contribution in [0.1, 0.15) is 43.9 Å². The lowest BCUT2D eigenvalue weighted by molar-refractivity contribution is 0.172. The number of carbonyl (C=O) groups is 1. The molecule has 0 radical (unpaired) electrons. The minimum absolute atomic E-state index is 0.108. The maximum absolute atomic E-state index is 12.2. The smallest absolute Gasteiger partial charge is 0.317 e. The molecular formula is C14H22N2OS. The van der Waals surface area contributed by atoms with Crippen molar-refractivity contribution in [3.8, 4) is 0 Å². The van der Waals surface area contributed by atoms with Crippen molar-refractivity contribution in [1.29, 1.82) is 0 Å². The van der Waals surface area contributed by atoms with E-state index in [-0.39, 0.29) is 6.03 Å². The first-order valence-electron chi connectivity index (χ1n) is 6.88. The Kier molecular flexibility index (Phi) is 5.05. The maximum Gasteiger partial charge on any atom is 0.317 e. The molecule has 1 saturated carbocycles. The molecule has 100 valence electrons. The molecule has 3 nitrogen and oxygen atoms in total. The highest BCUT2D eigenvalue weighted by Gasteiger charge is 2.26. The second-order valence-corrected chi connectivity index (χ2v) is 5.91. The Morgan fingerprint density at radius 3 is 2.89 bits per heavy atom. The van der Waals surface area contributed by atoms with E-state index in [1.165, 1.54) is 17.7 Å². The molecule has 1 aromatic heterocycles. The van der Waals surface area contributed by atoms with Gasteiger partial charge in [-0.05, 0) is 30.7 Å². The fourth-order valence-corrected chi connectivity index (χ4v) is 3.19. The molecule has 0 bridgehead atoms. The van der Waals surface area contributed by atoms with E-state index in [0.717, 1.165) is 32.4 Å². The molecule has 0 aromatic carbocycles. The van der Waals surface area contributed by atoms with E-state index in [2.05, 4.69) is 29.8 Å². The summed E-state index contributed by atoms with van der Waals surface area (Å²) in [5.41, 5.74) is 0. The van der Waals surface area contributed by atoms with Crippen LogP contribution in [0.4, 0.5) is 4.79 Å². The van der Waals surface area contributed by atoms with Crippen LogP contribution in [0.25, 0.3) is 0 Å². The van der Waals surface area contributed by atoms with Crippen LogP contribution in [-0.2, 0) is 6.54 Å². The van der Waals surface area contributed by atoms with Crippen LogP contribution in [0.5, 0.6) is 0 Å². The molecule has 1 aromatic rings. The Hall–Kier alpha value is -1.03. The SMILES string of the molecule is CCCNC(=O)N(Cc1cccs1)C1CCCC1. The number of hydrogen-bond donors (Lipinski definition) is 1. The van der Waals surface area contributed by atoms with Crippen LogP contribution in [0, 0.1) is 0 Å². The van der Waals surface area contributed by atoms with Gasteiger partial charge in [-0.1, -0.05) is 25.8 Å². The summed E-state index contributed by atoms with van der Waals surface area (Å²) in [6, 6.07) is 4.71. The molecule has 2 rings (SSSR count). The van der Waals surface area contributed by atoms with Gasteiger partial charge in [0.05, 0.1) is 6.54 Å². The summed E-state index contributed by atoms with van der Waals surface area (Å²) in [5.74, 6) is 0. The monoisotopic (exact) mass is 266 g/mol. The first kappa shape index (κ1) is 13.4. The van der Waals surface area contributed by atoms with Crippen LogP contribution >= 0.6 is 11.3 Å². The van der Waals surface area contributed by atoms with Gasteiger partial charge in [0.15, 0.2) is 0 Å². The molecule has 1 aliphatic carbocycles. The lowest BCUT2D eigenvalue weighted by Crippen LogP contribution is -2.44. The van der Waals surface area contributed by atoms with E-state index < -0.39 is 0 Å². The second-order valence-electron chi connectivity index (χ2n) is 4.88. The number of carbonyl (C=O) groups excluding carboxylic acids is 1. The Bertz CT molecular complexity index is 358. The Morgan fingerprint density at radius 1 is 1.50 bits per heavy atom. The number of nitrogens with one attached hydrogen (secondary N) is 1. The molecule has 2 amide bonds. The van der Waals surface area contributed by atoms with Gasteiger partial charge in [-0.25, -0.2) is 4.79 Å². The minimum atomic E-state index is 0.108. The van der Waals surface area contributed by atoms with Crippen LogP contribution in [0.2, 0.25) is 0 Å². The zero-order chi connectivity index (χ0) is 12.8. The molecule has 0 unspecified atom stereocenters. The number of rotatable bonds is 5. The molecule has 0 saturated heterocycles. The maximum atomic E-state index is 12.2. The highest BCUT2D eigenvalue weighted by atomic mass is 32.1. The van der Waals surface area contributed by atoms with Crippen LogP contribution in [0.3, 0.4) is 0 Å². The van der Waals surface area contributed by atoms with Gasteiger partial charge in [0.2, 0.25) is 0 Å². The number of hydrogen-bond acceptors (Lipinski definition) is 2. The Labute approximate surface area is 113 Å². The van der Waals surface area contributed by atoms with Gasteiger partial charge >= 0.3 is 6.03 Å². The van der Waals surface area contributed by atoms with Gasteiger partial charge in [-0.3, -0.25) is 0 Å². The summed E-state index contributed by atoms with van der Waals surface area (Å²) in [6.07, 6.45) is 5.82. The zero-order valence-corrected chi connectivity index (χ0v) is 11.8. The van der Waals surface area contributed by atoms with Crippen molar-refractivity contribution in [2.45, 2.75) is 51.6 Å². The molecule has 1 N–H and O–H groups in total. The van der Waals surface area contributed by atoms with Gasteiger partial charge in [0.25, 0.3) is 0 Å². The van der Waals surface area contributed by atoms with Crippen molar-refractivity contribution >= 4 is 17.4 Å². The van der Waals surface area contributed by atoms with Crippen molar-refractivity contribution in [1.82, 2.24) is 10.2 Å². The van der Waals surface area contributed by atoms with Crippen molar-refractivity contribution in [3.05, 3.63) is 22.4 Å². The highest BCUT2D eigenvalue weighted by molar-refractivity contribution is 7.09. The fourth-order valence-electron chi connectivity index (χ4n) is 2.49. The van der Waals surface area contributed by atoms with Gasteiger partial charge in [0, 0.05) is 17.5 Å². The summed E-state index contributed by atoms with van der Waals surface area (Å²) in [5, 5.41) is 5.09. The van der Waals surface area contributed by atoms with Crippen LogP contribution < -0.4 is 5.32 Å². The van der Waals surface area contributed by atoms with Gasteiger partial charge in [0.1, 0.15) is 0 Å². The summed E-state index contributed by atoms with van der Waals surface area (Å²) < 4.78 is 0. The topological polar surface area (TPSA) is 32.3 Å². The predicted octanol–water partition coefficient (Wildman–Crippen LogP) is 3.61. The molecule has 0 spiro atoms. The van der Waals surface area contributed by atoms with Crippen molar-refractivity contribution in [3.63, 3.8) is 0 Å². The molecule has 1 aliphatic rings. The summed E-state index contributed by atoms with van der Waals surface area (Å²) in [4.78, 5) is 15.5. The summed E-state index contributed by atoms with van der Waals surface area (Å²) in [6.45, 7) is 3.61. The van der Waals surface area contributed by atoms with E-state index in [1.54, 1.807) is 11.3 Å². The average Bonchev–Trinajstić information content (AvgIpc) is 3.05.